The van der Waals surface area contributed by atoms with Crippen LogP contribution in [-0.4, -0.2) is 15.9 Å². The summed E-state index contributed by atoms with van der Waals surface area (Å²) >= 11 is 9.75. The number of nitrogens with zero attached hydrogens (tertiary/aromatic N) is 2. The van der Waals surface area contributed by atoms with Crippen LogP contribution in [0.15, 0.2) is 44.1 Å². The molecule has 0 aliphatic heterocycles. The quantitative estimate of drug-likeness (QED) is 0.775. The van der Waals surface area contributed by atoms with Gasteiger partial charge in [-0.05, 0) is 50.1 Å². The molecule has 1 amide bonds. The predicted molar refractivity (Wildman–Crippen MR) is 79.5 cm³/mol. The van der Waals surface area contributed by atoms with Gasteiger partial charge >= 0.3 is 0 Å². The zero-order valence-electron chi connectivity index (χ0n) is 8.82. The van der Waals surface area contributed by atoms with Crippen LogP contribution in [-0.2, 0) is 0 Å². The summed E-state index contributed by atoms with van der Waals surface area (Å²) in [6.07, 6.45) is 1.52. The standard InChI is InChI=1S/C11H6Br3N3O/c12-7-3-1-2-6(4-7)11(18)17-10-9(14)16-8(13)5-15-10/h1-5H,(H,15,17,18). The fraction of sp³-hybridized carbons (Fsp3) is 0. The second kappa shape index (κ2) is 5.90. The van der Waals surface area contributed by atoms with Crippen LogP contribution in [0, 0.1) is 0 Å². The van der Waals surface area contributed by atoms with E-state index in [1.54, 1.807) is 18.2 Å². The van der Waals surface area contributed by atoms with E-state index in [0.29, 0.717) is 20.6 Å². The first-order chi connectivity index (χ1) is 8.56. The molecule has 4 nitrogen and oxygen atoms in total. The molecule has 2 aromatic rings. The highest BCUT2D eigenvalue weighted by atomic mass is 79.9. The fourth-order valence-corrected chi connectivity index (χ4v) is 2.55. The molecular formula is C11H6Br3N3O. The maximum atomic E-state index is 12.0. The van der Waals surface area contributed by atoms with Gasteiger partial charge in [-0.15, -0.1) is 0 Å². The zero-order valence-corrected chi connectivity index (χ0v) is 13.6. The Bertz CT molecular complexity index is 604. The molecule has 0 unspecified atom stereocenters. The third-order valence-corrected chi connectivity index (χ3v) is 3.45. The molecule has 1 heterocycles. The van der Waals surface area contributed by atoms with E-state index in [-0.39, 0.29) is 5.91 Å². The number of halogens is 3. The minimum absolute atomic E-state index is 0.242. The summed E-state index contributed by atoms with van der Waals surface area (Å²) in [5, 5.41) is 2.68. The van der Waals surface area contributed by atoms with E-state index in [1.807, 2.05) is 6.07 Å². The molecule has 0 spiro atoms. The Morgan fingerprint density at radius 1 is 1.22 bits per heavy atom. The molecule has 0 saturated carbocycles. The summed E-state index contributed by atoms with van der Waals surface area (Å²) in [7, 11) is 0. The van der Waals surface area contributed by atoms with Crippen molar-refractivity contribution in [3.05, 3.63) is 49.7 Å². The average Bonchev–Trinajstić information content (AvgIpc) is 2.32. The Labute approximate surface area is 129 Å². The van der Waals surface area contributed by atoms with Crippen LogP contribution in [0.25, 0.3) is 0 Å². The van der Waals surface area contributed by atoms with Gasteiger partial charge in [0.2, 0.25) is 0 Å². The molecule has 18 heavy (non-hydrogen) atoms. The van der Waals surface area contributed by atoms with Gasteiger partial charge in [0.25, 0.3) is 5.91 Å². The summed E-state index contributed by atoms with van der Waals surface area (Å²) < 4.78 is 1.91. The van der Waals surface area contributed by atoms with Crippen molar-refractivity contribution in [1.29, 1.82) is 0 Å². The molecule has 7 heteroatoms. The Morgan fingerprint density at radius 2 is 2.00 bits per heavy atom. The lowest BCUT2D eigenvalue weighted by Gasteiger charge is -2.06. The van der Waals surface area contributed by atoms with Crippen molar-refractivity contribution in [2.24, 2.45) is 0 Å². The van der Waals surface area contributed by atoms with Crippen LogP contribution in [0.1, 0.15) is 10.4 Å². The van der Waals surface area contributed by atoms with Crippen molar-refractivity contribution in [1.82, 2.24) is 9.97 Å². The number of hydrogen-bond donors (Lipinski definition) is 1. The molecule has 1 aromatic carbocycles. The molecule has 0 fully saturated rings. The number of aromatic nitrogens is 2. The average molecular weight is 436 g/mol. The molecule has 0 atom stereocenters. The van der Waals surface area contributed by atoms with E-state index >= 15 is 0 Å². The smallest absolute Gasteiger partial charge is 0.256 e. The number of amides is 1. The normalized spacial score (nSPS) is 10.2. The molecule has 1 aromatic heterocycles. The first-order valence-electron chi connectivity index (χ1n) is 4.81. The highest BCUT2D eigenvalue weighted by Crippen LogP contribution is 2.20. The molecule has 0 saturated heterocycles. The number of nitrogens with one attached hydrogen (secondary N) is 1. The third kappa shape index (κ3) is 3.37. The molecule has 0 bridgehead atoms. The van der Waals surface area contributed by atoms with E-state index in [9.17, 15) is 4.79 Å². The number of hydrogen-bond acceptors (Lipinski definition) is 3. The number of carbonyl (C=O) groups excluding carboxylic acids is 1. The molecule has 2 rings (SSSR count). The lowest BCUT2D eigenvalue weighted by molar-refractivity contribution is 0.102. The second-order valence-electron chi connectivity index (χ2n) is 3.30. The Hall–Kier alpha value is -0.790. The first kappa shape index (κ1) is 13.6. The van der Waals surface area contributed by atoms with E-state index in [4.69, 9.17) is 0 Å². The molecule has 0 aliphatic rings. The summed E-state index contributed by atoms with van der Waals surface area (Å²) in [4.78, 5) is 20.1. The van der Waals surface area contributed by atoms with E-state index in [1.165, 1.54) is 6.20 Å². The number of rotatable bonds is 2. The van der Waals surface area contributed by atoms with Crippen LogP contribution in [0.4, 0.5) is 5.82 Å². The van der Waals surface area contributed by atoms with Gasteiger partial charge in [-0.2, -0.15) is 0 Å². The van der Waals surface area contributed by atoms with Gasteiger partial charge in [0, 0.05) is 10.0 Å². The van der Waals surface area contributed by atoms with Crippen molar-refractivity contribution in [2.45, 2.75) is 0 Å². The Kier molecular flexibility index (Phi) is 4.47. The molecular weight excluding hydrogens is 430 g/mol. The summed E-state index contributed by atoms with van der Waals surface area (Å²) in [6, 6.07) is 7.10. The van der Waals surface area contributed by atoms with Crippen LogP contribution in [0.2, 0.25) is 0 Å². The zero-order chi connectivity index (χ0) is 13.1. The second-order valence-corrected chi connectivity index (χ2v) is 5.78. The number of anilines is 1. The van der Waals surface area contributed by atoms with Gasteiger partial charge in [0.05, 0.1) is 6.20 Å². The molecule has 92 valence electrons. The van der Waals surface area contributed by atoms with Crippen LogP contribution in [0.5, 0.6) is 0 Å². The Morgan fingerprint density at radius 3 is 2.67 bits per heavy atom. The van der Waals surface area contributed by atoms with Gasteiger partial charge < -0.3 is 5.32 Å². The van der Waals surface area contributed by atoms with Crippen LogP contribution < -0.4 is 5.32 Å². The topological polar surface area (TPSA) is 54.9 Å². The van der Waals surface area contributed by atoms with Crippen molar-refractivity contribution in [3.8, 4) is 0 Å². The molecule has 1 N–H and O–H groups in total. The largest absolute Gasteiger partial charge is 0.304 e. The van der Waals surface area contributed by atoms with Crippen molar-refractivity contribution in [2.75, 3.05) is 5.32 Å². The SMILES string of the molecule is O=C(Nc1ncc(Br)nc1Br)c1cccc(Br)c1. The summed E-state index contributed by atoms with van der Waals surface area (Å²) in [6.45, 7) is 0. The minimum Gasteiger partial charge on any atom is -0.304 e. The van der Waals surface area contributed by atoms with E-state index in [0.717, 1.165) is 4.47 Å². The first-order valence-corrected chi connectivity index (χ1v) is 7.19. The lowest BCUT2D eigenvalue weighted by Crippen LogP contribution is -2.13. The highest BCUT2D eigenvalue weighted by Gasteiger charge is 2.10. The summed E-state index contributed by atoms with van der Waals surface area (Å²) in [5.74, 6) is 0.136. The van der Waals surface area contributed by atoms with Gasteiger partial charge in [-0.25, -0.2) is 9.97 Å². The fourth-order valence-electron chi connectivity index (χ4n) is 1.24. The van der Waals surface area contributed by atoms with Gasteiger partial charge in [0.15, 0.2) is 5.82 Å². The number of carbonyl (C=O) groups is 1. The minimum atomic E-state index is -0.242. The van der Waals surface area contributed by atoms with E-state index < -0.39 is 0 Å². The monoisotopic (exact) mass is 433 g/mol. The molecule has 0 radical (unpaired) electrons. The lowest BCUT2D eigenvalue weighted by atomic mass is 10.2. The highest BCUT2D eigenvalue weighted by molar-refractivity contribution is 9.11. The maximum absolute atomic E-state index is 12.0. The van der Waals surface area contributed by atoms with Gasteiger partial charge in [-0.1, -0.05) is 22.0 Å². The number of benzene rings is 1. The maximum Gasteiger partial charge on any atom is 0.256 e. The van der Waals surface area contributed by atoms with Crippen molar-refractivity contribution < 1.29 is 4.79 Å². The van der Waals surface area contributed by atoms with Crippen molar-refractivity contribution in [3.63, 3.8) is 0 Å². The van der Waals surface area contributed by atoms with Gasteiger partial charge in [-0.3, -0.25) is 4.79 Å². The van der Waals surface area contributed by atoms with Gasteiger partial charge in [0.1, 0.15) is 9.21 Å². The van der Waals surface area contributed by atoms with E-state index in [2.05, 4.69) is 63.1 Å². The molecule has 0 aliphatic carbocycles. The third-order valence-electron chi connectivity index (χ3n) is 2.02. The van der Waals surface area contributed by atoms with Crippen LogP contribution in [0.3, 0.4) is 0 Å². The van der Waals surface area contributed by atoms with Crippen molar-refractivity contribution >= 4 is 59.5 Å². The predicted octanol–water partition coefficient (Wildman–Crippen LogP) is 4.02. The van der Waals surface area contributed by atoms with Crippen LogP contribution >= 0.6 is 47.8 Å². The Balaban J connectivity index is 2.21. The summed E-state index contributed by atoms with van der Waals surface area (Å²) in [5.41, 5.74) is 0.543.